The predicted octanol–water partition coefficient (Wildman–Crippen LogP) is 3.35. The maximum absolute atomic E-state index is 12.9. The van der Waals surface area contributed by atoms with Gasteiger partial charge in [-0.25, -0.2) is 4.79 Å². The Morgan fingerprint density at radius 2 is 1.88 bits per heavy atom. The molecule has 1 aromatic rings. The molecule has 0 aliphatic heterocycles. The van der Waals surface area contributed by atoms with Gasteiger partial charge in [-0.1, -0.05) is 18.0 Å². The summed E-state index contributed by atoms with van der Waals surface area (Å²) in [6, 6.07) is 0. The van der Waals surface area contributed by atoms with Gasteiger partial charge in [0, 0.05) is 12.1 Å². The molecular weight excluding hydrogens is 334 g/mol. The van der Waals surface area contributed by atoms with E-state index in [4.69, 9.17) is 9.26 Å². The Hall–Kier alpha value is -2.05. The summed E-state index contributed by atoms with van der Waals surface area (Å²) in [6.07, 6.45) is 3.26. The summed E-state index contributed by atoms with van der Waals surface area (Å²) >= 11 is 0. The average Bonchev–Trinajstić information content (AvgIpc) is 3.10. The van der Waals surface area contributed by atoms with Gasteiger partial charge in [-0.15, -0.1) is 0 Å². The SMILES string of the molecule is Cc1noc(C)c1C(C)C(=O)NC1(CNC(=O)OC(C)(C)C)CCCC1. The molecule has 0 saturated heterocycles. The van der Waals surface area contributed by atoms with Crippen molar-refractivity contribution in [3.8, 4) is 0 Å². The zero-order chi connectivity index (χ0) is 19.5. The van der Waals surface area contributed by atoms with E-state index >= 15 is 0 Å². The van der Waals surface area contributed by atoms with Gasteiger partial charge in [-0.3, -0.25) is 4.79 Å². The zero-order valence-electron chi connectivity index (χ0n) is 16.7. The zero-order valence-corrected chi connectivity index (χ0v) is 16.7. The predicted molar refractivity (Wildman–Crippen MR) is 98.0 cm³/mol. The van der Waals surface area contributed by atoms with E-state index in [1.807, 2.05) is 41.5 Å². The summed E-state index contributed by atoms with van der Waals surface area (Å²) in [5, 5.41) is 9.93. The summed E-state index contributed by atoms with van der Waals surface area (Å²) in [5.41, 5.74) is 0.586. The molecule has 0 radical (unpaired) electrons. The van der Waals surface area contributed by atoms with Crippen LogP contribution in [-0.4, -0.2) is 34.8 Å². The first-order valence-corrected chi connectivity index (χ1v) is 9.25. The second kappa shape index (κ2) is 7.68. The maximum atomic E-state index is 12.9. The molecule has 7 heteroatoms. The lowest BCUT2D eigenvalue weighted by molar-refractivity contribution is -0.124. The Morgan fingerprint density at radius 1 is 1.27 bits per heavy atom. The number of hydrogen-bond donors (Lipinski definition) is 2. The van der Waals surface area contributed by atoms with Crippen LogP contribution in [-0.2, 0) is 9.53 Å². The van der Waals surface area contributed by atoms with E-state index in [2.05, 4.69) is 15.8 Å². The number of aryl methyl sites for hydroxylation is 2. The number of alkyl carbamates (subject to hydrolysis) is 1. The maximum Gasteiger partial charge on any atom is 0.407 e. The molecule has 1 aliphatic carbocycles. The Kier molecular flexibility index (Phi) is 5.98. The van der Waals surface area contributed by atoms with Crippen LogP contribution >= 0.6 is 0 Å². The fraction of sp³-hybridized carbons (Fsp3) is 0.737. The van der Waals surface area contributed by atoms with E-state index in [0.29, 0.717) is 12.3 Å². The molecule has 1 saturated carbocycles. The Balaban J connectivity index is 2.03. The van der Waals surface area contributed by atoms with Gasteiger partial charge in [0.2, 0.25) is 5.91 Å². The lowest BCUT2D eigenvalue weighted by atomic mass is 9.93. The summed E-state index contributed by atoms with van der Waals surface area (Å²) in [6.45, 7) is 11.3. The van der Waals surface area contributed by atoms with E-state index in [1.54, 1.807) is 0 Å². The lowest BCUT2D eigenvalue weighted by Gasteiger charge is -2.32. The van der Waals surface area contributed by atoms with Gasteiger partial charge in [-0.2, -0.15) is 0 Å². The van der Waals surface area contributed by atoms with Crippen LogP contribution < -0.4 is 10.6 Å². The van der Waals surface area contributed by atoms with Crippen molar-refractivity contribution in [2.75, 3.05) is 6.54 Å². The van der Waals surface area contributed by atoms with Crippen molar-refractivity contribution in [2.24, 2.45) is 0 Å². The molecule has 1 heterocycles. The van der Waals surface area contributed by atoms with Crippen LogP contribution in [0.3, 0.4) is 0 Å². The van der Waals surface area contributed by atoms with E-state index < -0.39 is 17.2 Å². The minimum absolute atomic E-state index is 0.0766. The Morgan fingerprint density at radius 3 is 2.38 bits per heavy atom. The molecule has 1 atom stereocenters. The van der Waals surface area contributed by atoms with Crippen molar-refractivity contribution in [2.45, 2.75) is 84.3 Å². The highest BCUT2D eigenvalue weighted by Gasteiger charge is 2.38. The third kappa shape index (κ3) is 4.99. The standard InChI is InChI=1S/C19H31N3O4/c1-12(15-13(2)22-26-14(15)3)16(23)21-19(9-7-8-10-19)11-20-17(24)25-18(4,5)6/h12H,7-11H2,1-6H3,(H,20,24)(H,21,23). The fourth-order valence-corrected chi connectivity index (χ4v) is 3.56. The van der Waals surface area contributed by atoms with Crippen molar-refractivity contribution in [3.63, 3.8) is 0 Å². The third-order valence-electron chi connectivity index (χ3n) is 4.83. The Labute approximate surface area is 155 Å². The van der Waals surface area contributed by atoms with Crippen molar-refractivity contribution >= 4 is 12.0 Å². The van der Waals surface area contributed by atoms with E-state index in [-0.39, 0.29) is 11.8 Å². The van der Waals surface area contributed by atoms with Gasteiger partial charge in [0.25, 0.3) is 0 Å². The van der Waals surface area contributed by atoms with Crippen molar-refractivity contribution in [1.82, 2.24) is 15.8 Å². The number of carbonyl (C=O) groups excluding carboxylic acids is 2. The van der Waals surface area contributed by atoms with Crippen LogP contribution in [0.4, 0.5) is 4.79 Å². The number of ether oxygens (including phenoxy) is 1. The minimum atomic E-state index is -0.548. The summed E-state index contributed by atoms with van der Waals surface area (Å²) in [7, 11) is 0. The van der Waals surface area contributed by atoms with Gasteiger partial charge in [0.05, 0.1) is 17.2 Å². The number of rotatable bonds is 5. The van der Waals surface area contributed by atoms with Crippen LogP contribution in [0.25, 0.3) is 0 Å². The van der Waals surface area contributed by atoms with E-state index in [1.165, 1.54) is 0 Å². The van der Waals surface area contributed by atoms with Crippen LogP contribution in [0.5, 0.6) is 0 Å². The average molecular weight is 365 g/mol. The molecule has 7 nitrogen and oxygen atoms in total. The monoisotopic (exact) mass is 365 g/mol. The van der Waals surface area contributed by atoms with Crippen LogP contribution in [0.1, 0.15) is 76.3 Å². The largest absolute Gasteiger partial charge is 0.444 e. The number of aromatic nitrogens is 1. The van der Waals surface area contributed by atoms with Gasteiger partial charge in [0.1, 0.15) is 11.4 Å². The van der Waals surface area contributed by atoms with Gasteiger partial charge in [-0.05, 0) is 54.4 Å². The number of nitrogens with one attached hydrogen (secondary N) is 2. The molecule has 0 spiro atoms. The molecule has 1 aliphatic rings. The van der Waals surface area contributed by atoms with E-state index in [9.17, 15) is 9.59 Å². The molecule has 0 aromatic carbocycles. The molecule has 0 bridgehead atoms. The molecule has 2 N–H and O–H groups in total. The summed E-state index contributed by atoms with van der Waals surface area (Å²) in [4.78, 5) is 24.8. The van der Waals surface area contributed by atoms with Crippen LogP contribution in [0.2, 0.25) is 0 Å². The van der Waals surface area contributed by atoms with Crippen LogP contribution in [0, 0.1) is 13.8 Å². The fourth-order valence-electron chi connectivity index (χ4n) is 3.56. The summed E-state index contributed by atoms with van der Waals surface area (Å²) in [5.74, 6) is 0.227. The molecule has 146 valence electrons. The van der Waals surface area contributed by atoms with Crippen molar-refractivity contribution in [1.29, 1.82) is 0 Å². The quantitative estimate of drug-likeness (QED) is 0.834. The smallest absolute Gasteiger partial charge is 0.407 e. The van der Waals surface area contributed by atoms with Crippen molar-refractivity contribution < 1.29 is 18.8 Å². The van der Waals surface area contributed by atoms with E-state index in [0.717, 1.165) is 36.9 Å². The highest BCUT2D eigenvalue weighted by Crippen LogP contribution is 2.31. The number of nitrogens with zero attached hydrogens (tertiary/aromatic N) is 1. The first kappa shape index (κ1) is 20.3. The number of hydrogen-bond acceptors (Lipinski definition) is 5. The van der Waals surface area contributed by atoms with Gasteiger partial charge < -0.3 is 19.9 Å². The van der Waals surface area contributed by atoms with Crippen molar-refractivity contribution in [3.05, 3.63) is 17.0 Å². The second-order valence-corrected chi connectivity index (χ2v) is 8.29. The first-order valence-electron chi connectivity index (χ1n) is 9.25. The molecular formula is C19H31N3O4. The number of amides is 2. The van der Waals surface area contributed by atoms with Gasteiger partial charge in [0.15, 0.2) is 0 Å². The topological polar surface area (TPSA) is 93.5 Å². The molecule has 2 amide bonds. The molecule has 26 heavy (non-hydrogen) atoms. The first-order chi connectivity index (χ1) is 12.0. The summed E-state index contributed by atoms with van der Waals surface area (Å²) < 4.78 is 10.5. The molecule has 1 unspecified atom stereocenters. The highest BCUT2D eigenvalue weighted by molar-refractivity contribution is 5.84. The van der Waals surface area contributed by atoms with Gasteiger partial charge >= 0.3 is 6.09 Å². The molecule has 1 aromatic heterocycles. The molecule has 1 fully saturated rings. The minimum Gasteiger partial charge on any atom is -0.444 e. The van der Waals surface area contributed by atoms with Crippen LogP contribution in [0.15, 0.2) is 4.52 Å². The normalized spacial score (nSPS) is 17.6. The Bertz CT molecular complexity index is 635. The number of carbonyl (C=O) groups is 2. The molecule has 2 rings (SSSR count). The lowest BCUT2D eigenvalue weighted by Crippen LogP contribution is -2.55. The second-order valence-electron chi connectivity index (χ2n) is 8.29. The highest BCUT2D eigenvalue weighted by atomic mass is 16.6. The third-order valence-corrected chi connectivity index (χ3v) is 4.83.